The van der Waals surface area contributed by atoms with E-state index in [1.165, 1.54) is 6.07 Å². The first-order chi connectivity index (χ1) is 9.85. The van der Waals surface area contributed by atoms with Crippen molar-refractivity contribution >= 4 is 34.5 Å². The second-order valence-electron chi connectivity index (χ2n) is 4.60. The molecule has 6 heteroatoms. The summed E-state index contributed by atoms with van der Waals surface area (Å²) in [5, 5.41) is 9.14. The number of aromatic carboxylic acids is 1. The van der Waals surface area contributed by atoms with Crippen LogP contribution >= 0.6 is 22.6 Å². The zero-order valence-corrected chi connectivity index (χ0v) is 14.2. The van der Waals surface area contributed by atoms with E-state index in [9.17, 15) is 9.59 Å². The molecule has 0 aromatic heterocycles. The number of carbonyl (C=O) groups is 2. The Labute approximate surface area is 137 Å². The molecule has 0 saturated heterocycles. The van der Waals surface area contributed by atoms with E-state index in [0.29, 0.717) is 13.1 Å². The van der Waals surface area contributed by atoms with Crippen molar-refractivity contribution in [2.75, 3.05) is 19.7 Å². The molecule has 0 fully saturated rings. The van der Waals surface area contributed by atoms with Crippen LogP contribution in [0, 0.1) is 3.57 Å². The predicted octanol–water partition coefficient (Wildman–Crippen LogP) is 2.79. The van der Waals surface area contributed by atoms with E-state index in [2.05, 4.69) is 6.58 Å². The quantitative estimate of drug-likeness (QED) is 0.562. The molecule has 0 aliphatic heterocycles. The van der Waals surface area contributed by atoms with Crippen molar-refractivity contribution in [1.29, 1.82) is 0 Å². The maximum atomic E-state index is 12.0. The maximum Gasteiger partial charge on any atom is 0.339 e. The van der Waals surface area contributed by atoms with Gasteiger partial charge in [-0.15, -0.1) is 0 Å². The highest BCUT2D eigenvalue weighted by Gasteiger charge is 2.16. The van der Waals surface area contributed by atoms with Gasteiger partial charge in [-0.2, -0.15) is 0 Å². The molecule has 0 unspecified atom stereocenters. The van der Waals surface area contributed by atoms with Gasteiger partial charge >= 0.3 is 5.97 Å². The van der Waals surface area contributed by atoms with Gasteiger partial charge in [0.1, 0.15) is 11.3 Å². The molecular formula is C15H18INO4. The van der Waals surface area contributed by atoms with Gasteiger partial charge in [0, 0.05) is 16.7 Å². The third-order valence-corrected chi connectivity index (χ3v) is 3.39. The average Bonchev–Trinajstić information content (AvgIpc) is 2.42. The van der Waals surface area contributed by atoms with Crippen LogP contribution < -0.4 is 4.74 Å². The minimum atomic E-state index is -1.08. The number of benzene rings is 1. The number of carbonyl (C=O) groups excluding carboxylic acids is 1. The first-order valence-electron chi connectivity index (χ1n) is 6.43. The van der Waals surface area contributed by atoms with Gasteiger partial charge in [0.25, 0.3) is 5.91 Å². The van der Waals surface area contributed by atoms with Crippen LogP contribution in [0.4, 0.5) is 0 Å². The van der Waals surface area contributed by atoms with Crippen LogP contribution in [0.25, 0.3) is 0 Å². The van der Waals surface area contributed by atoms with Crippen LogP contribution in [-0.2, 0) is 4.79 Å². The van der Waals surface area contributed by atoms with Gasteiger partial charge < -0.3 is 14.7 Å². The lowest BCUT2D eigenvalue weighted by Gasteiger charge is -2.21. The number of amides is 1. The van der Waals surface area contributed by atoms with Crippen molar-refractivity contribution in [3.63, 3.8) is 0 Å². The summed E-state index contributed by atoms with van der Waals surface area (Å²) in [7, 11) is 0. The third kappa shape index (κ3) is 5.37. The predicted molar refractivity (Wildman–Crippen MR) is 88.7 cm³/mol. The van der Waals surface area contributed by atoms with E-state index in [-0.39, 0.29) is 23.8 Å². The lowest BCUT2D eigenvalue weighted by atomic mass is 10.2. The molecule has 0 saturated carbocycles. The molecule has 114 valence electrons. The van der Waals surface area contributed by atoms with Gasteiger partial charge in [-0.05, 0) is 54.6 Å². The third-order valence-electron chi connectivity index (χ3n) is 2.72. The van der Waals surface area contributed by atoms with Crippen molar-refractivity contribution in [2.45, 2.75) is 13.8 Å². The number of ether oxygens (including phenoxy) is 1. The molecule has 1 N–H and O–H groups in total. The average molecular weight is 403 g/mol. The Hall–Kier alpha value is -1.57. The second kappa shape index (κ2) is 8.02. The van der Waals surface area contributed by atoms with E-state index >= 15 is 0 Å². The van der Waals surface area contributed by atoms with Gasteiger partial charge in [-0.3, -0.25) is 4.79 Å². The number of nitrogens with zero attached hydrogens (tertiary/aromatic N) is 1. The summed E-state index contributed by atoms with van der Waals surface area (Å²) in [6.45, 7) is 8.32. The fourth-order valence-electron chi connectivity index (χ4n) is 1.73. The van der Waals surface area contributed by atoms with Crippen LogP contribution in [0.3, 0.4) is 0 Å². The Morgan fingerprint density at radius 2 is 2.10 bits per heavy atom. The number of rotatable bonds is 7. The van der Waals surface area contributed by atoms with Gasteiger partial charge in [0.15, 0.2) is 6.61 Å². The summed E-state index contributed by atoms with van der Waals surface area (Å²) in [5.74, 6) is -1.08. The summed E-state index contributed by atoms with van der Waals surface area (Å²) in [6.07, 6.45) is 0. The van der Waals surface area contributed by atoms with E-state index in [1.54, 1.807) is 17.0 Å². The molecule has 0 spiro atoms. The van der Waals surface area contributed by atoms with Crippen molar-refractivity contribution < 1.29 is 19.4 Å². The van der Waals surface area contributed by atoms with Gasteiger partial charge in [0.2, 0.25) is 0 Å². The molecule has 1 amide bonds. The lowest BCUT2D eigenvalue weighted by Crippen LogP contribution is -2.36. The van der Waals surface area contributed by atoms with Gasteiger partial charge in [0.05, 0.1) is 0 Å². The summed E-state index contributed by atoms with van der Waals surface area (Å²) in [6, 6.07) is 4.81. The highest BCUT2D eigenvalue weighted by molar-refractivity contribution is 14.1. The Bertz CT molecular complexity index is 557. The second-order valence-corrected chi connectivity index (χ2v) is 5.84. The maximum absolute atomic E-state index is 12.0. The Morgan fingerprint density at radius 1 is 1.43 bits per heavy atom. The molecule has 1 rings (SSSR count). The van der Waals surface area contributed by atoms with E-state index in [4.69, 9.17) is 9.84 Å². The number of carboxylic acid groups (broad SMARTS) is 1. The van der Waals surface area contributed by atoms with E-state index in [1.807, 2.05) is 36.4 Å². The largest absolute Gasteiger partial charge is 0.483 e. The van der Waals surface area contributed by atoms with Gasteiger partial charge in [-0.25, -0.2) is 4.79 Å². The fourth-order valence-corrected chi connectivity index (χ4v) is 2.22. The highest BCUT2D eigenvalue weighted by atomic mass is 127. The number of halogens is 1. The van der Waals surface area contributed by atoms with Crippen LogP contribution in [0.1, 0.15) is 24.2 Å². The molecule has 5 nitrogen and oxygen atoms in total. The highest BCUT2D eigenvalue weighted by Crippen LogP contribution is 2.21. The van der Waals surface area contributed by atoms with Crippen LogP contribution in [-0.4, -0.2) is 41.6 Å². The summed E-state index contributed by atoms with van der Waals surface area (Å²) < 4.78 is 6.17. The molecule has 21 heavy (non-hydrogen) atoms. The van der Waals surface area contributed by atoms with Crippen LogP contribution in [0.15, 0.2) is 30.4 Å². The fraction of sp³-hybridized carbons (Fsp3) is 0.333. The van der Waals surface area contributed by atoms with Crippen molar-refractivity contribution in [2.24, 2.45) is 0 Å². The van der Waals surface area contributed by atoms with E-state index < -0.39 is 5.97 Å². The van der Waals surface area contributed by atoms with Crippen LogP contribution in [0.5, 0.6) is 5.75 Å². The SMILES string of the molecule is C=C(C)CN(CC)C(=O)COc1ccc(I)cc1C(=O)O. The van der Waals surface area contributed by atoms with Crippen molar-refractivity contribution in [3.8, 4) is 5.75 Å². The monoisotopic (exact) mass is 403 g/mol. The first kappa shape index (κ1) is 17.5. The summed E-state index contributed by atoms with van der Waals surface area (Å²) in [5.41, 5.74) is 0.934. The molecule has 0 bridgehead atoms. The normalized spacial score (nSPS) is 10.0. The number of carboxylic acids is 1. The lowest BCUT2D eigenvalue weighted by molar-refractivity contribution is -0.132. The topological polar surface area (TPSA) is 66.8 Å². The number of hydrogen-bond donors (Lipinski definition) is 1. The van der Waals surface area contributed by atoms with Gasteiger partial charge in [-0.1, -0.05) is 12.2 Å². The Balaban J connectivity index is 2.77. The summed E-state index contributed by atoms with van der Waals surface area (Å²) in [4.78, 5) is 24.8. The zero-order chi connectivity index (χ0) is 16.0. The van der Waals surface area contributed by atoms with Crippen molar-refractivity contribution in [3.05, 3.63) is 39.5 Å². The first-order valence-corrected chi connectivity index (χ1v) is 7.50. The Kier molecular flexibility index (Phi) is 6.67. The molecule has 0 aliphatic rings. The molecule has 0 radical (unpaired) electrons. The van der Waals surface area contributed by atoms with Crippen molar-refractivity contribution in [1.82, 2.24) is 4.90 Å². The Morgan fingerprint density at radius 3 is 2.62 bits per heavy atom. The minimum Gasteiger partial charge on any atom is -0.483 e. The molecule has 1 aromatic rings. The molecule has 0 heterocycles. The molecule has 1 aromatic carbocycles. The molecule has 0 atom stereocenters. The number of hydrogen-bond acceptors (Lipinski definition) is 3. The number of likely N-dealkylation sites (N-methyl/N-ethyl adjacent to an activating group) is 1. The summed E-state index contributed by atoms with van der Waals surface area (Å²) >= 11 is 2.02. The van der Waals surface area contributed by atoms with E-state index in [0.717, 1.165) is 9.14 Å². The smallest absolute Gasteiger partial charge is 0.339 e. The minimum absolute atomic E-state index is 0.0534. The zero-order valence-electron chi connectivity index (χ0n) is 12.1. The van der Waals surface area contributed by atoms with Crippen LogP contribution in [0.2, 0.25) is 0 Å². The molecule has 0 aliphatic carbocycles. The standard InChI is InChI=1S/C15H18INO4/c1-4-17(8-10(2)3)14(18)9-21-13-6-5-11(16)7-12(13)15(19)20/h5-7H,2,4,8-9H2,1,3H3,(H,19,20). The molecular weight excluding hydrogens is 385 g/mol.